The van der Waals surface area contributed by atoms with Gasteiger partial charge in [-0.05, 0) is 53.0 Å². The van der Waals surface area contributed by atoms with Crippen molar-refractivity contribution in [2.24, 2.45) is 0 Å². The number of nitrogens with zero attached hydrogens (tertiary/aromatic N) is 4. The van der Waals surface area contributed by atoms with Gasteiger partial charge in [0, 0.05) is 19.1 Å². The maximum atomic E-state index is 12.0. The van der Waals surface area contributed by atoms with Gasteiger partial charge in [-0.1, -0.05) is 0 Å². The van der Waals surface area contributed by atoms with Gasteiger partial charge in [0.15, 0.2) is 5.82 Å². The van der Waals surface area contributed by atoms with Crippen molar-refractivity contribution in [3.63, 3.8) is 0 Å². The van der Waals surface area contributed by atoms with Gasteiger partial charge in [0.1, 0.15) is 17.2 Å². The van der Waals surface area contributed by atoms with Crippen molar-refractivity contribution in [1.29, 1.82) is 5.26 Å². The summed E-state index contributed by atoms with van der Waals surface area (Å²) in [6.07, 6.45) is 1.36. The minimum atomic E-state index is -0.522. The summed E-state index contributed by atoms with van der Waals surface area (Å²) >= 11 is 0. The molecule has 0 bridgehead atoms. The predicted octanol–water partition coefficient (Wildman–Crippen LogP) is 2.46. The molecule has 1 aromatic heterocycles. The summed E-state index contributed by atoms with van der Waals surface area (Å²) in [4.78, 5) is 14.0. The minimum absolute atomic E-state index is 0.0384. The van der Waals surface area contributed by atoms with Crippen molar-refractivity contribution in [2.75, 3.05) is 18.0 Å². The summed E-state index contributed by atoms with van der Waals surface area (Å²) < 4.78 is 5.31. The molecule has 0 radical (unpaired) electrons. The first kappa shape index (κ1) is 18.0. The Balaban J connectivity index is 2.10. The number of piperidine rings is 1. The Morgan fingerprint density at radius 1 is 1.38 bits per heavy atom. The smallest absolute Gasteiger partial charge is 0.407 e. The van der Waals surface area contributed by atoms with E-state index in [1.54, 1.807) is 0 Å². The second kappa shape index (κ2) is 7.04. The van der Waals surface area contributed by atoms with Gasteiger partial charge in [0.2, 0.25) is 0 Å². The number of rotatable bonds is 2. The van der Waals surface area contributed by atoms with Crippen LogP contribution in [0, 0.1) is 25.2 Å². The van der Waals surface area contributed by atoms with Gasteiger partial charge >= 0.3 is 6.09 Å². The van der Waals surface area contributed by atoms with Gasteiger partial charge in [-0.15, -0.1) is 5.10 Å². The lowest BCUT2D eigenvalue weighted by Gasteiger charge is -2.34. The number of hydrogen-bond acceptors (Lipinski definition) is 6. The molecule has 1 atom stereocenters. The highest BCUT2D eigenvalue weighted by atomic mass is 16.6. The molecule has 1 amide bonds. The third kappa shape index (κ3) is 4.34. The Bertz CT molecular complexity index is 660. The summed E-state index contributed by atoms with van der Waals surface area (Å²) in [5.41, 5.74) is 1.65. The van der Waals surface area contributed by atoms with Crippen molar-refractivity contribution in [3.05, 3.63) is 16.8 Å². The molecule has 1 aliphatic heterocycles. The zero-order valence-electron chi connectivity index (χ0n) is 15.0. The van der Waals surface area contributed by atoms with Crippen LogP contribution in [0.25, 0.3) is 0 Å². The molecule has 1 aromatic rings. The van der Waals surface area contributed by atoms with Crippen LogP contribution in [-0.2, 0) is 4.74 Å². The van der Waals surface area contributed by atoms with Gasteiger partial charge < -0.3 is 15.0 Å². The normalized spacial score (nSPS) is 18.0. The summed E-state index contributed by atoms with van der Waals surface area (Å²) in [5, 5.41) is 20.7. The predicted molar refractivity (Wildman–Crippen MR) is 90.8 cm³/mol. The lowest BCUT2D eigenvalue weighted by molar-refractivity contribution is 0.0500. The topological polar surface area (TPSA) is 91.1 Å². The first-order valence-corrected chi connectivity index (χ1v) is 8.19. The second-order valence-corrected chi connectivity index (χ2v) is 7.15. The minimum Gasteiger partial charge on any atom is -0.444 e. The Hall–Kier alpha value is -2.36. The van der Waals surface area contributed by atoms with Crippen LogP contribution in [-0.4, -0.2) is 41.0 Å². The summed E-state index contributed by atoms with van der Waals surface area (Å²) in [6.45, 7) is 10.6. The standard InChI is InChI=1S/C17H25N5O2/c1-11-12(2)20-21-15(14(11)9-18)22-8-6-7-13(10-22)19-16(23)24-17(3,4)5/h13H,6-8,10H2,1-5H3,(H,19,23). The summed E-state index contributed by atoms with van der Waals surface area (Å²) in [7, 11) is 0. The molecule has 1 fully saturated rings. The average Bonchev–Trinajstić information content (AvgIpc) is 2.48. The maximum Gasteiger partial charge on any atom is 0.407 e. The van der Waals surface area contributed by atoms with Crippen LogP contribution < -0.4 is 10.2 Å². The van der Waals surface area contributed by atoms with E-state index in [0.29, 0.717) is 17.9 Å². The molecule has 1 N–H and O–H groups in total. The first-order chi connectivity index (χ1) is 11.2. The van der Waals surface area contributed by atoms with Gasteiger partial charge in [-0.3, -0.25) is 0 Å². The molecule has 7 heteroatoms. The van der Waals surface area contributed by atoms with Gasteiger partial charge in [0.25, 0.3) is 0 Å². The fraction of sp³-hybridized carbons (Fsp3) is 0.647. The monoisotopic (exact) mass is 331 g/mol. The van der Waals surface area contributed by atoms with Crippen molar-refractivity contribution in [3.8, 4) is 6.07 Å². The van der Waals surface area contributed by atoms with E-state index >= 15 is 0 Å². The van der Waals surface area contributed by atoms with Crippen molar-refractivity contribution >= 4 is 11.9 Å². The van der Waals surface area contributed by atoms with E-state index < -0.39 is 11.7 Å². The highest BCUT2D eigenvalue weighted by Crippen LogP contribution is 2.24. The highest BCUT2D eigenvalue weighted by molar-refractivity contribution is 5.68. The van der Waals surface area contributed by atoms with Crippen LogP contribution in [0.1, 0.15) is 50.4 Å². The zero-order valence-corrected chi connectivity index (χ0v) is 15.0. The zero-order chi connectivity index (χ0) is 17.9. The maximum absolute atomic E-state index is 12.0. The van der Waals surface area contributed by atoms with Crippen LogP contribution in [0.3, 0.4) is 0 Å². The lowest BCUT2D eigenvalue weighted by atomic mass is 10.0. The fourth-order valence-corrected chi connectivity index (χ4v) is 2.71. The molecule has 0 aromatic carbocycles. The molecule has 0 saturated carbocycles. The van der Waals surface area contributed by atoms with E-state index in [2.05, 4.69) is 21.6 Å². The number of nitrogens with one attached hydrogen (secondary N) is 1. The van der Waals surface area contributed by atoms with E-state index in [9.17, 15) is 10.1 Å². The lowest BCUT2D eigenvalue weighted by Crippen LogP contribution is -2.49. The van der Waals surface area contributed by atoms with Crippen LogP contribution in [0.2, 0.25) is 0 Å². The number of nitriles is 1. The number of ether oxygens (including phenoxy) is 1. The molecular weight excluding hydrogens is 306 g/mol. The van der Waals surface area contributed by atoms with Crippen molar-refractivity contribution in [2.45, 2.75) is 59.1 Å². The molecule has 130 valence electrons. The number of aromatic nitrogens is 2. The molecule has 1 saturated heterocycles. The van der Waals surface area contributed by atoms with Gasteiger partial charge in [-0.2, -0.15) is 10.4 Å². The number of carbonyl (C=O) groups is 1. The first-order valence-electron chi connectivity index (χ1n) is 8.19. The number of amides is 1. The quantitative estimate of drug-likeness (QED) is 0.895. The molecule has 0 spiro atoms. The Labute approximate surface area is 143 Å². The number of hydrogen-bond donors (Lipinski definition) is 1. The molecule has 0 aliphatic carbocycles. The van der Waals surface area contributed by atoms with E-state index in [1.165, 1.54) is 0 Å². The van der Waals surface area contributed by atoms with E-state index in [4.69, 9.17) is 4.74 Å². The molecule has 7 nitrogen and oxygen atoms in total. The van der Waals surface area contributed by atoms with Gasteiger partial charge in [-0.25, -0.2) is 4.79 Å². The van der Waals surface area contributed by atoms with Crippen LogP contribution in [0.5, 0.6) is 0 Å². The number of aryl methyl sites for hydroxylation is 1. The van der Waals surface area contributed by atoms with E-state index in [1.807, 2.05) is 39.5 Å². The molecule has 2 heterocycles. The van der Waals surface area contributed by atoms with Crippen LogP contribution >= 0.6 is 0 Å². The molecule has 2 rings (SSSR count). The Morgan fingerprint density at radius 2 is 2.08 bits per heavy atom. The van der Waals surface area contributed by atoms with Crippen LogP contribution in [0.15, 0.2) is 0 Å². The Morgan fingerprint density at radius 3 is 2.71 bits per heavy atom. The fourth-order valence-electron chi connectivity index (χ4n) is 2.71. The molecular formula is C17H25N5O2. The molecule has 1 aliphatic rings. The summed E-state index contributed by atoms with van der Waals surface area (Å²) in [6, 6.07) is 2.19. The van der Waals surface area contributed by atoms with Crippen molar-refractivity contribution < 1.29 is 9.53 Å². The second-order valence-electron chi connectivity index (χ2n) is 7.15. The number of anilines is 1. The SMILES string of the molecule is Cc1nnc(N2CCCC(NC(=O)OC(C)(C)C)C2)c(C#N)c1C. The van der Waals surface area contributed by atoms with E-state index in [-0.39, 0.29) is 6.04 Å². The third-order valence-corrected chi connectivity index (χ3v) is 3.99. The molecule has 1 unspecified atom stereocenters. The Kier molecular flexibility index (Phi) is 5.27. The van der Waals surface area contributed by atoms with Crippen LogP contribution in [0.4, 0.5) is 10.6 Å². The van der Waals surface area contributed by atoms with E-state index in [0.717, 1.165) is 30.6 Å². The highest BCUT2D eigenvalue weighted by Gasteiger charge is 2.27. The van der Waals surface area contributed by atoms with Gasteiger partial charge in [0.05, 0.1) is 5.69 Å². The number of carbonyl (C=O) groups excluding carboxylic acids is 1. The number of alkyl carbamates (subject to hydrolysis) is 1. The third-order valence-electron chi connectivity index (χ3n) is 3.99. The molecule has 24 heavy (non-hydrogen) atoms. The van der Waals surface area contributed by atoms with Crippen molar-refractivity contribution in [1.82, 2.24) is 15.5 Å². The average molecular weight is 331 g/mol. The summed E-state index contributed by atoms with van der Waals surface area (Å²) in [5.74, 6) is 0.594. The largest absolute Gasteiger partial charge is 0.444 e.